The van der Waals surface area contributed by atoms with Gasteiger partial charge in [-0.2, -0.15) is 4.57 Å². The van der Waals surface area contributed by atoms with Crippen LogP contribution in [-0.4, -0.2) is 5.11 Å². The molecule has 0 bridgehead atoms. The summed E-state index contributed by atoms with van der Waals surface area (Å²) in [7, 11) is 0. The molecule has 0 amide bonds. The van der Waals surface area contributed by atoms with Crippen LogP contribution in [0.3, 0.4) is 0 Å². The van der Waals surface area contributed by atoms with Gasteiger partial charge in [0.05, 0.1) is 5.39 Å². The molecule has 0 saturated heterocycles. The normalized spacial score (nSPS) is 10.7. The van der Waals surface area contributed by atoms with E-state index in [1.54, 1.807) is 12.1 Å². The largest absolute Gasteiger partial charge is 1.00 e. The zero-order chi connectivity index (χ0) is 15.1. The SMILES string of the molecule is Cc1ccc2c3ccccc3ccc2[n+]1-c1ccc(O)cc1.[I-]. The van der Waals surface area contributed by atoms with Gasteiger partial charge in [0.1, 0.15) is 5.75 Å². The van der Waals surface area contributed by atoms with Crippen molar-refractivity contribution in [1.82, 2.24) is 0 Å². The molecule has 0 atom stereocenters. The van der Waals surface area contributed by atoms with Gasteiger partial charge in [0.25, 0.3) is 0 Å². The number of phenolic OH excluding ortho intramolecular Hbond substituents is 1. The lowest BCUT2D eigenvalue weighted by Crippen LogP contribution is -3.00. The minimum absolute atomic E-state index is 0. The molecule has 1 heterocycles. The lowest BCUT2D eigenvalue weighted by atomic mass is 10.0. The topological polar surface area (TPSA) is 24.1 Å². The van der Waals surface area contributed by atoms with E-state index in [0.29, 0.717) is 0 Å². The Morgan fingerprint density at radius 1 is 0.739 bits per heavy atom. The zero-order valence-electron chi connectivity index (χ0n) is 12.7. The molecule has 0 radical (unpaired) electrons. The monoisotopic (exact) mass is 413 g/mol. The molecule has 0 aliphatic heterocycles. The number of hydrogen-bond acceptors (Lipinski definition) is 1. The molecule has 114 valence electrons. The highest BCUT2D eigenvalue weighted by Gasteiger charge is 2.17. The van der Waals surface area contributed by atoms with E-state index in [-0.39, 0.29) is 29.7 Å². The number of fused-ring (bicyclic) bond motifs is 3. The molecule has 0 aliphatic carbocycles. The summed E-state index contributed by atoms with van der Waals surface area (Å²) < 4.78 is 2.22. The number of benzene rings is 3. The molecule has 0 spiro atoms. The van der Waals surface area contributed by atoms with Gasteiger partial charge in [-0.1, -0.05) is 24.3 Å². The molecule has 4 rings (SSSR count). The van der Waals surface area contributed by atoms with Crippen LogP contribution < -0.4 is 28.5 Å². The number of aromatic nitrogens is 1. The second kappa shape index (κ2) is 6.16. The van der Waals surface area contributed by atoms with Crippen LogP contribution in [0.5, 0.6) is 5.75 Å². The summed E-state index contributed by atoms with van der Waals surface area (Å²) in [5.74, 6) is 0.285. The molecule has 4 aromatic rings. The molecule has 3 heteroatoms. The summed E-state index contributed by atoms with van der Waals surface area (Å²) in [5, 5.41) is 13.3. The molecule has 0 fully saturated rings. The lowest BCUT2D eigenvalue weighted by Gasteiger charge is -2.07. The molecular weight excluding hydrogens is 397 g/mol. The van der Waals surface area contributed by atoms with Crippen molar-refractivity contribution in [2.45, 2.75) is 6.92 Å². The van der Waals surface area contributed by atoms with E-state index >= 15 is 0 Å². The average molecular weight is 413 g/mol. The van der Waals surface area contributed by atoms with Crippen molar-refractivity contribution < 1.29 is 33.7 Å². The van der Waals surface area contributed by atoms with Crippen LogP contribution in [0.1, 0.15) is 5.69 Å². The van der Waals surface area contributed by atoms with Crippen LogP contribution in [0.25, 0.3) is 27.4 Å². The Bertz CT molecular complexity index is 993. The highest BCUT2D eigenvalue weighted by molar-refractivity contribution is 6.05. The predicted molar refractivity (Wildman–Crippen MR) is 89.4 cm³/mol. The van der Waals surface area contributed by atoms with Crippen LogP contribution in [0, 0.1) is 6.92 Å². The molecular formula is C20H16INO. The van der Waals surface area contributed by atoms with Crippen LogP contribution >= 0.6 is 0 Å². The fraction of sp³-hybridized carbons (Fsp3) is 0.0500. The number of halogens is 1. The van der Waals surface area contributed by atoms with Crippen molar-refractivity contribution >= 4 is 21.7 Å². The Kier molecular flexibility index (Phi) is 4.22. The molecule has 3 aromatic carbocycles. The Morgan fingerprint density at radius 3 is 2.26 bits per heavy atom. The van der Waals surface area contributed by atoms with Gasteiger partial charge < -0.3 is 29.1 Å². The van der Waals surface area contributed by atoms with E-state index in [1.165, 1.54) is 21.7 Å². The van der Waals surface area contributed by atoms with Gasteiger partial charge in [0, 0.05) is 31.2 Å². The molecule has 0 saturated carbocycles. The third kappa shape index (κ3) is 2.65. The smallest absolute Gasteiger partial charge is 0.219 e. The number of phenols is 1. The van der Waals surface area contributed by atoms with Gasteiger partial charge >= 0.3 is 0 Å². The summed E-state index contributed by atoms with van der Waals surface area (Å²) in [4.78, 5) is 0. The van der Waals surface area contributed by atoms with E-state index in [1.807, 2.05) is 12.1 Å². The zero-order valence-corrected chi connectivity index (χ0v) is 14.9. The highest BCUT2D eigenvalue weighted by Crippen LogP contribution is 2.24. The molecule has 0 unspecified atom stereocenters. The molecule has 1 N–H and O–H groups in total. The van der Waals surface area contributed by atoms with Crippen molar-refractivity contribution in [3.63, 3.8) is 0 Å². The quantitative estimate of drug-likeness (QED) is 0.284. The fourth-order valence-corrected chi connectivity index (χ4v) is 3.07. The van der Waals surface area contributed by atoms with E-state index in [0.717, 1.165) is 11.4 Å². The highest BCUT2D eigenvalue weighted by atomic mass is 127. The number of pyridine rings is 1. The first-order valence-corrected chi connectivity index (χ1v) is 7.36. The molecule has 0 aliphatic rings. The van der Waals surface area contributed by atoms with Crippen LogP contribution in [0.4, 0.5) is 0 Å². The van der Waals surface area contributed by atoms with Gasteiger partial charge in [0.2, 0.25) is 11.2 Å². The number of aryl methyl sites for hydroxylation is 1. The van der Waals surface area contributed by atoms with Gasteiger partial charge in [-0.05, 0) is 35.0 Å². The van der Waals surface area contributed by atoms with Crippen molar-refractivity contribution in [2.24, 2.45) is 0 Å². The summed E-state index contributed by atoms with van der Waals surface area (Å²) >= 11 is 0. The van der Waals surface area contributed by atoms with Gasteiger partial charge in [0.15, 0.2) is 5.69 Å². The average Bonchev–Trinajstić information content (AvgIpc) is 2.55. The number of nitrogens with zero attached hydrogens (tertiary/aromatic N) is 1. The fourth-order valence-electron chi connectivity index (χ4n) is 3.07. The van der Waals surface area contributed by atoms with Crippen LogP contribution in [0.15, 0.2) is 72.8 Å². The van der Waals surface area contributed by atoms with Gasteiger partial charge in [-0.25, -0.2) is 0 Å². The summed E-state index contributed by atoms with van der Waals surface area (Å²) in [5.41, 5.74) is 3.38. The van der Waals surface area contributed by atoms with Gasteiger partial charge in [-0.15, -0.1) is 0 Å². The van der Waals surface area contributed by atoms with Gasteiger partial charge in [-0.3, -0.25) is 0 Å². The predicted octanol–water partition coefficient (Wildman–Crippen LogP) is 1.29. The summed E-state index contributed by atoms with van der Waals surface area (Å²) in [6.07, 6.45) is 0. The number of hydrogen-bond donors (Lipinski definition) is 1. The first-order valence-electron chi connectivity index (χ1n) is 7.36. The van der Waals surface area contributed by atoms with E-state index in [9.17, 15) is 5.11 Å². The maximum atomic E-state index is 9.52. The third-order valence-electron chi connectivity index (χ3n) is 4.14. The van der Waals surface area contributed by atoms with Crippen molar-refractivity contribution in [3.8, 4) is 11.4 Å². The van der Waals surface area contributed by atoms with E-state index in [2.05, 4.69) is 60.0 Å². The summed E-state index contributed by atoms with van der Waals surface area (Å²) in [6, 6.07) is 24.4. The first-order chi connectivity index (χ1) is 10.7. The molecule has 23 heavy (non-hydrogen) atoms. The number of rotatable bonds is 1. The van der Waals surface area contributed by atoms with Crippen molar-refractivity contribution in [2.75, 3.05) is 0 Å². The molecule has 1 aromatic heterocycles. The first kappa shape index (κ1) is 15.7. The standard InChI is InChI=1S/C20H15NO.HI/c1-14-6-12-19-18-5-3-2-4-15(18)7-13-20(19)21(14)16-8-10-17(22)11-9-16;/h2-13H,1H3;1H. The minimum Gasteiger partial charge on any atom is -1.00 e. The third-order valence-corrected chi connectivity index (χ3v) is 4.14. The molecule has 2 nitrogen and oxygen atoms in total. The van der Waals surface area contributed by atoms with Crippen molar-refractivity contribution in [3.05, 3.63) is 78.5 Å². The second-order valence-electron chi connectivity index (χ2n) is 5.55. The Labute approximate surface area is 152 Å². The number of aromatic hydroxyl groups is 1. The second-order valence-corrected chi connectivity index (χ2v) is 5.55. The Morgan fingerprint density at radius 2 is 1.48 bits per heavy atom. The Balaban J connectivity index is 0.00000156. The maximum Gasteiger partial charge on any atom is 0.219 e. The van der Waals surface area contributed by atoms with Crippen LogP contribution in [0.2, 0.25) is 0 Å². The lowest BCUT2D eigenvalue weighted by molar-refractivity contribution is -0.574. The maximum absolute atomic E-state index is 9.52. The van der Waals surface area contributed by atoms with Crippen LogP contribution in [-0.2, 0) is 0 Å². The van der Waals surface area contributed by atoms with E-state index in [4.69, 9.17) is 0 Å². The Hall–Kier alpha value is -2.14. The van der Waals surface area contributed by atoms with E-state index < -0.39 is 0 Å². The summed E-state index contributed by atoms with van der Waals surface area (Å²) in [6.45, 7) is 2.10. The minimum atomic E-state index is 0. The van der Waals surface area contributed by atoms with Crippen molar-refractivity contribution in [1.29, 1.82) is 0 Å².